The second-order valence-electron chi connectivity index (χ2n) is 4.66. The molecule has 2 rings (SSSR count). The van der Waals surface area contributed by atoms with Gasteiger partial charge in [-0.05, 0) is 48.5 Å². The van der Waals surface area contributed by atoms with Gasteiger partial charge in [0.2, 0.25) is 21.1 Å². The second kappa shape index (κ2) is 7.12. The molecule has 0 radical (unpaired) electrons. The van der Waals surface area contributed by atoms with Gasteiger partial charge in [0.05, 0.1) is 12.0 Å². The first kappa shape index (κ1) is 17.5. The minimum absolute atomic E-state index is 0.0318. The third kappa shape index (κ3) is 3.72. The molecule has 0 bridgehead atoms. The second-order valence-corrected chi connectivity index (χ2v) is 7.09. The van der Waals surface area contributed by atoms with Gasteiger partial charge in [-0.3, -0.25) is 4.79 Å². The van der Waals surface area contributed by atoms with Crippen LogP contribution in [-0.4, -0.2) is 33.9 Å². The van der Waals surface area contributed by atoms with Crippen molar-refractivity contribution in [3.05, 3.63) is 59.1 Å². The Morgan fingerprint density at radius 2 is 1.57 bits per heavy atom. The van der Waals surface area contributed by atoms with Crippen LogP contribution in [0.2, 0.25) is 5.02 Å². The van der Waals surface area contributed by atoms with Crippen LogP contribution in [0.4, 0.5) is 0 Å². The number of carbonyl (C=O) groups excluding carboxylic acids is 1. The van der Waals surface area contributed by atoms with Gasteiger partial charge in [-0.2, -0.15) is 0 Å². The molecule has 1 atom stereocenters. The van der Waals surface area contributed by atoms with Crippen LogP contribution in [-0.2, 0) is 14.6 Å². The Morgan fingerprint density at radius 3 is 2.04 bits per heavy atom. The highest BCUT2D eigenvalue weighted by atomic mass is 35.5. The number of Topliss-reactive ketones (excluding diaryl/α,β-unsaturated/α-hetero) is 1. The number of methoxy groups -OCH3 is 2. The Hall–Kier alpha value is -1.89. The van der Waals surface area contributed by atoms with Crippen molar-refractivity contribution in [2.45, 2.75) is 10.3 Å². The van der Waals surface area contributed by atoms with Crippen molar-refractivity contribution in [2.24, 2.45) is 0 Å². The molecule has 122 valence electrons. The fraction of sp³-hybridized carbons (Fsp3) is 0.188. The van der Waals surface area contributed by atoms with Crippen LogP contribution >= 0.6 is 11.6 Å². The largest absolute Gasteiger partial charge is 0.497 e. The molecule has 0 heterocycles. The van der Waals surface area contributed by atoms with Crippen LogP contribution in [0.1, 0.15) is 10.4 Å². The number of sulfone groups is 1. The molecule has 0 aromatic heterocycles. The lowest BCUT2D eigenvalue weighted by Gasteiger charge is -2.15. The van der Waals surface area contributed by atoms with E-state index < -0.39 is 21.1 Å². The van der Waals surface area contributed by atoms with Crippen molar-refractivity contribution in [3.8, 4) is 5.75 Å². The summed E-state index contributed by atoms with van der Waals surface area (Å²) in [5.74, 6) is -0.0822. The van der Waals surface area contributed by atoms with E-state index in [4.69, 9.17) is 21.1 Å². The monoisotopic (exact) mass is 354 g/mol. The number of benzene rings is 2. The summed E-state index contributed by atoms with van der Waals surface area (Å²) in [6.45, 7) is 0. The highest BCUT2D eigenvalue weighted by Gasteiger charge is 2.34. The molecular weight excluding hydrogens is 340 g/mol. The lowest BCUT2D eigenvalue weighted by atomic mass is 10.1. The molecule has 0 amide bonds. The molecule has 0 saturated heterocycles. The van der Waals surface area contributed by atoms with E-state index in [0.717, 1.165) is 0 Å². The van der Waals surface area contributed by atoms with Crippen LogP contribution < -0.4 is 4.74 Å². The molecule has 7 heteroatoms. The summed E-state index contributed by atoms with van der Waals surface area (Å²) in [4.78, 5) is 12.5. The fourth-order valence-corrected chi connectivity index (χ4v) is 3.57. The summed E-state index contributed by atoms with van der Waals surface area (Å²) in [7, 11) is -1.31. The molecule has 0 aliphatic carbocycles. The number of halogens is 1. The van der Waals surface area contributed by atoms with Crippen LogP contribution in [0.25, 0.3) is 0 Å². The summed E-state index contributed by atoms with van der Waals surface area (Å²) in [5, 5.41) is 0.402. The Balaban J connectivity index is 2.36. The smallest absolute Gasteiger partial charge is 0.225 e. The van der Waals surface area contributed by atoms with Gasteiger partial charge in [0, 0.05) is 17.7 Å². The van der Waals surface area contributed by atoms with Gasteiger partial charge in [0.25, 0.3) is 0 Å². The number of ether oxygens (including phenoxy) is 2. The molecule has 2 aromatic carbocycles. The van der Waals surface area contributed by atoms with E-state index in [1.54, 1.807) is 12.1 Å². The molecule has 0 aliphatic rings. The third-order valence-corrected chi connectivity index (χ3v) is 5.38. The minimum Gasteiger partial charge on any atom is -0.497 e. The first-order chi connectivity index (χ1) is 10.9. The maximum Gasteiger partial charge on any atom is 0.225 e. The Kier molecular flexibility index (Phi) is 5.41. The van der Waals surface area contributed by atoms with Gasteiger partial charge in [-0.15, -0.1) is 0 Å². The number of rotatable bonds is 6. The summed E-state index contributed by atoms with van der Waals surface area (Å²) >= 11 is 5.76. The predicted molar refractivity (Wildman–Crippen MR) is 86.8 cm³/mol. The molecule has 0 fully saturated rings. The van der Waals surface area contributed by atoms with E-state index in [9.17, 15) is 13.2 Å². The molecule has 0 saturated carbocycles. The van der Waals surface area contributed by atoms with Crippen LogP contribution in [0.15, 0.2) is 53.4 Å². The van der Waals surface area contributed by atoms with Crippen molar-refractivity contribution in [1.29, 1.82) is 0 Å². The van der Waals surface area contributed by atoms with Gasteiger partial charge in [-0.1, -0.05) is 11.6 Å². The first-order valence-corrected chi connectivity index (χ1v) is 8.53. The summed E-state index contributed by atoms with van der Waals surface area (Å²) < 4.78 is 35.2. The van der Waals surface area contributed by atoms with E-state index in [2.05, 4.69) is 0 Å². The third-order valence-electron chi connectivity index (χ3n) is 3.23. The van der Waals surface area contributed by atoms with Gasteiger partial charge in [0.1, 0.15) is 5.75 Å². The van der Waals surface area contributed by atoms with Gasteiger partial charge >= 0.3 is 0 Å². The number of ketones is 1. The van der Waals surface area contributed by atoms with Gasteiger partial charge in [0.15, 0.2) is 0 Å². The molecule has 0 spiro atoms. The number of hydrogen-bond acceptors (Lipinski definition) is 5. The maximum atomic E-state index is 12.6. The summed E-state index contributed by atoms with van der Waals surface area (Å²) in [6, 6.07) is 11.7. The highest BCUT2D eigenvalue weighted by molar-refractivity contribution is 7.92. The van der Waals surface area contributed by atoms with E-state index in [0.29, 0.717) is 10.8 Å². The normalized spacial score (nSPS) is 12.7. The Labute approximate surface area is 139 Å². The first-order valence-electron chi connectivity index (χ1n) is 6.60. The molecular formula is C16H15ClO5S. The van der Waals surface area contributed by atoms with Crippen LogP contribution in [0.5, 0.6) is 5.75 Å². The predicted octanol–water partition coefficient (Wildman–Crippen LogP) is 2.98. The van der Waals surface area contributed by atoms with Gasteiger partial charge in [-0.25, -0.2) is 8.42 Å². The SMILES string of the molecule is COc1ccc(C(=O)C(OC)S(=O)(=O)c2ccc(Cl)cc2)cc1. The number of hydrogen-bond donors (Lipinski definition) is 0. The zero-order valence-corrected chi connectivity index (χ0v) is 14.1. The van der Waals surface area contributed by atoms with Crippen molar-refractivity contribution < 1.29 is 22.7 Å². The number of carbonyl (C=O) groups is 1. The van der Waals surface area contributed by atoms with Crippen LogP contribution in [0.3, 0.4) is 0 Å². The van der Waals surface area contributed by atoms with Gasteiger partial charge < -0.3 is 9.47 Å². The zero-order chi connectivity index (χ0) is 17.0. The molecule has 2 aromatic rings. The lowest BCUT2D eigenvalue weighted by molar-refractivity contribution is 0.0778. The van der Waals surface area contributed by atoms with E-state index in [-0.39, 0.29) is 10.5 Å². The molecule has 0 N–H and O–H groups in total. The molecule has 0 aliphatic heterocycles. The summed E-state index contributed by atoms with van der Waals surface area (Å²) in [6.07, 6.45) is 0. The fourth-order valence-electron chi connectivity index (χ4n) is 2.01. The van der Waals surface area contributed by atoms with Crippen LogP contribution in [0, 0.1) is 0 Å². The van der Waals surface area contributed by atoms with Crippen molar-refractivity contribution in [1.82, 2.24) is 0 Å². The van der Waals surface area contributed by atoms with E-state index in [1.807, 2.05) is 0 Å². The highest BCUT2D eigenvalue weighted by Crippen LogP contribution is 2.22. The topological polar surface area (TPSA) is 69.7 Å². The average Bonchev–Trinajstić information content (AvgIpc) is 2.55. The van der Waals surface area contributed by atoms with Crippen molar-refractivity contribution in [3.63, 3.8) is 0 Å². The minimum atomic E-state index is -3.99. The summed E-state index contributed by atoms with van der Waals surface area (Å²) in [5.41, 5.74) is -1.41. The zero-order valence-electron chi connectivity index (χ0n) is 12.5. The van der Waals surface area contributed by atoms with Crippen molar-refractivity contribution >= 4 is 27.2 Å². The Morgan fingerprint density at radius 1 is 1.00 bits per heavy atom. The van der Waals surface area contributed by atoms with E-state index in [1.165, 1.54) is 50.6 Å². The average molecular weight is 355 g/mol. The standard InChI is InChI=1S/C16H15ClO5S/c1-21-13-7-3-11(4-8-13)15(18)16(22-2)23(19,20)14-9-5-12(17)6-10-14/h3-10,16H,1-2H3. The lowest BCUT2D eigenvalue weighted by Crippen LogP contribution is -2.32. The van der Waals surface area contributed by atoms with E-state index >= 15 is 0 Å². The Bertz CT molecular complexity index is 782. The van der Waals surface area contributed by atoms with Crippen molar-refractivity contribution in [2.75, 3.05) is 14.2 Å². The maximum absolute atomic E-state index is 12.6. The molecule has 1 unspecified atom stereocenters. The molecule has 23 heavy (non-hydrogen) atoms. The molecule has 5 nitrogen and oxygen atoms in total. The quantitative estimate of drug-likeness (QED) is 0.746.